The van der Waals surface area contributed by atoms with Crippen molar-refractivity contribution in [2.45, 2.75) is 45.1 Å². The Morgan fingerprint density at radius 1 is 1.23 bits per heavy atom. The quantitative estimate of drug-likeness (QED) is 0.924. The minimum Gasteiger partial charge on any atom is -0.356 e. The molecule has 0 bridgehead atoms. The van der Waals surface area contributed by atoms with Crippen LogP contribution in [-0.2, 0) is 9.59 Å². The van der Waals surface area contributed by atoms with E-state index >= 15 is 0 Å². The van der Waals surface area contributed by atoms with Crippen molar-refractivity contribution in [3.8, 4) is 0 Å². The van der Waals surface area contributed by atoms with Crippen LogP contribution in [0.1, 0.15) is 50.6 Å². The molecule has 5 heteroatoms. The summed E-state index contributed by atoms with van der Waals surface area (Å²) in [7, 11) is 0. The fourth-order valence-electron chi connectivity index (χ4n) is 2.93. The molecular weight excluding hydrogens is 300 g/mol. The number of nitrogens with zero attached hydrogens (tertiary/aromatic N) is 1. The second-order valence-corrected chi connectivity index (χ2v) is 6.17. The Balaban J connectivity index is 2.08. The van der Waals surface area contributed by atoms with Crippen LogP contribution in [0, 0.1) is 0 Å². The predicted molar refractivity (Wildman–Crippen MR) is 87.7 cm³/mol. The van der Waals surface area contributed by atoms with Crippen molar-refractivity contribution in [3.05, 3.63) is 34.9 Å². The molecule has 1 heterocycles. The largest absolute Gasteiger partial charge is 0.356 e. The van der Waals surface area contributed by atoms with Crippen molar-refractivity contribution in [3.63, 3.8) is 0 Å². The molecule has 1 aromatic rings. The van der Waals surface area contributed by atoms with E-state index in [1.165, 1.54) is 6.92 Å². The molecule has 120 valence electrons. The number of nitrogens with one attached hydrogen (secondary N) is 1. The standard InChI is InChI=1S/C17H23ClN2O2/c1-13(21)19-11-10-17(22)20-12-4-2-3-5-16(20)14-6-8-15(18)9-7-14/h6-9,16H,2-5,10-12H2,1H3,(H,19,21). The first-order valence-corrected chi connectivity index (χ1v) is 8.25. The summed E-state index contributed by atoms with van der Waals surface area (Å²) in [6.07, 6.45) is 4.65. The van der Waals surface area contributed by atoms with Crippen molar-refractivity contribution in [1.82, 2.24) is 10.2 Å². The summed E-state index contributed by atoms with van der Waals surface area (Å²) in [5, 5.41) is 3.40. The van der Waals surface area contributed by atoms with E-state index in [-0.39, 0.29) is 17.9 Å². The van der Waals surface area contributed by atoms with Crippen molar-refractivity contribution < 1.29 is 9.59 Å². The minimum absolute atomic E-state index is 0.0992. The lowest BCUT2D eigenvalue weighted by Crippen LogP contribution is -2.37. The highest BCUT2D eigenvalue weighted by molar-refractivity contribution is 6.30. The number of hydrogen-bond donors (Lipinski definition) is 1. The number of hydrogen-bond acceptors (Lipinski definition) is 2. The van der Waals surface area contributed by atoms with Crippen LogP contribution < -0.4 is 5.32 Å². The SMILES string of the molecule is CC(=O)NCCC(=O)N1CCCCCC1c1ccc(Cl)cc1. The van der Waals surface area contributed by atoms with Crippen LogP contribution >= 0.6 is 11.6 Å². The van der Waals surface area contributed by atoms with Gasteiger partial charge in [0.15, 0.2) is 0 Å². The smallest absolute Gasteiger partial charge is 0.224 e. The molecule has 1 atom stereocenters. The van der Waals surface area contributed by atoms with Crippen molar-refractivity contribution >= 4 is 23.4 Å². The maximum Gasteiger partial charge on any atom is 0.224 e. The number of rotatable bonds is 4. The molecule has 1 unspecified atom stereocenters. The van der Waals surface area contributed by atoms with Crippen LogP contribution in [0.25, 0.3) is 0 Å². The summed E-state index contributed by atoms with van der Waals surface area (Å²) in [6.45, 7) is 2.65. The van der Waals surface area contributed by atoms with Gasteiger partial charge in [0.1, 0.15) is 0 Å². The Bertz CT molecular complexity index is 516. The van der Waals surface area contributed by atoms with Crippen molar-refractivity contribution in [2.24, 2.45) is 0 Å². The van der Waals surface area contributed by atoms with Crippen molar-refractivity contribution in [1.29, 1.82) is 0 Å². The fourth-order valence-corrected chi connectivity index (χ4v) is 3.05. The fraction of sp³-hybridized carbons (Fsp3) is 0.529. The number of carbonyl (C=O) groups is 2. The zero-order chi connectivity index (χ0) is 15.9. The average Bonchev–Trinajstić information content (AvgIpc) is 2.73. The van der Waals surface area contributed by atoms with Gasteiger partial charge in [0, 0.05) is 31.5 Å². The molecule has 4 nitrogen and oxygen atoms in total. The van der Waals surface area contributed by atoms with Gasteiger partial charge in [0.2, 0.25) is 11.8 Å². The van der Waals surface area contributed by atoms with E-state index in [1.807, 2.05) is 29.2 Å². The molecule has 0 aliphatic carbocycles. The third-order valence-electron chi connectivity index (χ3n) is 4.04. The Morgan fingerprint density at radius 3 is 2.64 bits per heavy atom. The van der Waals surface area contributed by atoms with Crippen molar-refractivity contribution in [2.75, 3.05) is 13.1 Å². The number of halogens is 1. The molecule has 1 saturated heterocycles. The average molecular weight is 323 g/mol. The van der Waals surface area contributed by atoms with Gasteiger partial charge in [-0.3, -0.25) is 9.59 Å². The van der Waals surface area contributed by atoms with Crippen LogP contribution in [0.5, 0.6) is 0 Å². The molecule has 0 spiro atoms. The minimum atomic E-state index is -0.0992. The summed E-state index contributed by atoms with van der Waals surface area (Å²) in [5.41, 5.74) is 1.14. The summed E-state index contributed by atoms with van der Waals surface area (Å²) in [4.78, 5) is 25.4. The van der Waals surface area contributed by atoms with Gasteiger partial charge in [-0.25, -0.2) is 0 Å². The zero-order valence-electron chi connectivity index (χ0n) is 13.0. The zero-order valence-corrected chi connectivity index (χ0v) is 13.7. The number of benzene rings is 1. The first-order chi connectivity index (χ1) is 10.6. The van der Waals surface area contributed by atoms with Crippen LogP contribution in [0.15, 0.2) is 24.3 Å². The highest BCUT2D eigenvalue weighted by Crippen LogP contribution is 2.31. The van der Waals surface area contributed by atoms with Gasteiger partial charge in [-0.2, -0.15) is 0 Å². The molecule has 0 radical (unpaired) electrons. The summed E-state index contributed by atoms with van der Waals surface area (Å²) in [5.74, 6) is 0.00789. The first-order valence-electron chi connectivity index (χ1n) is 7.87. The Labute approximate surface area is 136 Å². The molecule has 1 N–H and O–H groups in total. The lowest BCUT2D eigenvalue weighted by atomic mass is 10.0. The van der Waals surface area contributed by atoms with Crippen LogP contribution in [0.2, 0.25) is 5.02 Å². The summed E-state index contributed by atoms with van der Waals surface area (Å²) in [6, 6.07) is 7.88. The molecule has 2 rings (SSSR count). The summed E-state index contributed by atoms with van der Waals surface area (Å²) >= 11 is 5.96. The molecule has 1 aromatic carbocycles. The number of carbonyl (C=O) groups excluding carboxylic acids is 2. The highest BCUT2D eigenvalue weighted by Gasteiger charge is 2.26. The Hall–Kier alpha value is -1.55. The molecule has 0 saturated carbocycles. The molecule has 0 aromatic heterocycles. The second kappa shape index (κ2) is 8.18. The molecule has 2 amide bonds. The van der Waals surface area contributed by atoms with Crippen LogP contribution in [-0.4, -0.2) is 29.8 Å². The van der Waals surface area contributed by atoms with Crippen LogP contribution in [0.3, 0.4) is 0 Å². The monoisotopic (exact) mass is 322 g/mol. The second-order valence-electron chi connectivity index (χ2n) is 5.74. The van der Waals surface area contributed by atoms with Gasteiger partial charge in [0.25, 0.3) is 0 Å². The van der Waals surface area contributed by atoms with E-state index in [0.29, 0.717) is 18.0 Å². The van der Waals surface area contributed by atoms with E-state index in [9.17, 15) is 9.59 Å². The number of amides is 2. The van der Waals surface area contributed by atoms with Gasteiger partial charge < -0.3 is 10.2 Å². The Morgan fingerprint density at radius 2 is 1.95 bits per heavy atom. The first kappa shape index (κ1) is 16.8. The molecule has 1 aliphatic rings. The van der Waals surface area contributed by atoms with E-state index in [4.69, 9.17) is 11.6 Å². The summed E-state index contributed by atoms with van der Waals surface area (Å²) < 4.78 is 0. The predicted octanol–water partition coefficient (Wildman–Crippen LogP) is 3.31. The molecule has 22 heavy (non-hydrogen) atoms. The van der Waals surface area contributed by atoms with E-state index in [2.05, 4.69) is 5.32 Å². The maximum atomic E-state index is 12.5. The molecular formula is C17H23ClN2O2. The van der Waals surface area contributed by atoms with Crippen LogP contribution in [0.4, 0.5) is 0 Å². The third kappa shape index (κ3) is 4.73. The van der Waals surface area contributed by atoms with E-state index in [0.717, 1.165) is 37.8 Å². The topological polar surface area (TPSA) is 49.4 Å². The van der Waals surface area contributed by atoms with Gasteiger partial charge in [0.05, 0.1) is 6.04 Å². The lowest BCUT2D eigenvalue weighted by Gasteiger charge is -2.30. The third-order valence-corrected chi connectivity index (χ3v) is 4.29. The molecule has 1 fully saturated rings. The van der Waals surface area contributed by atoms with E-state index < -0.39 is 0 Å². The highest BCUT2D eigenvalue weighted by atomic mass is 35.5. The maximum absolute atomic E-state index is 12.5. The normalized spacial score (nSPS) is 18.6. The van der Waals surface area contributed by atoms with Gasteiger partial charge >= 0.3 is 0 Å². The van der Waals surface area contributed by atoms with Gasteiger partial charge in [-0.1, -0.05) is 36.6 Å². The number of likely N-dealkylation sites (tertiary alicyclic amines) is 1. The lowest BCUT2D eigenvalue weighted by molar-refractivity contribution is -0.133. The Kier molecular flexibility index (Phi) is 6.25. The van der Waals surface area contributed by atoms with Gasteiger partial charge in [-0.15, -0.1) is 0 Å². The van der Waals surface area contributed by atoms with E-state index in [1.54, 1.807) is 0 Å². The molecule has 1 aliphatic heterocycles. The van der Waals surface area contributed by atoms with Gasteiger partial charge in [-0.05, 0) is 30.5 Å².